The minimum Gasteiger partial charge on any atom is -0.341 e. The molecule has 0 radical (unpaired) electrons. The van der Waals surface area contributed by atoms with E-state index in [0.29, 0.717) is 18.7 Å². The van der Waals surface area contributed by atoms with Gasteiger partial charge in [0.15, 0.2) is 0 Å². The molecule has 6 heteroatoms. The number of rotatable bonds is 3. The van der Waals surface area contributed by atoms with E-state index in [9.17, 15) is 8.78 Å². The molecule has 0 unspecified atom stereocenters. The lowest BCUT2D eigenvalue weighted by atomic mass is 10.1. The molecule has 4 nitrogen and oxygen atoms in total. The second-order valence-electron chi connectivity index (χ2n) is 6.57. The van der Waals surface area contributed by atoms with Gasteiger partial charge in [-0.1, -0.05) is 0 Å². The van der Waals surface area contributed by atoms with E-state index in [1.807, 2.05) is 6.20 Å². The first kappa shape index (κ1) is 15.4. The van der Waals surface area contributed by atoms with Crippen molar-refractivity contribution in [2.45, 2.75) is 32.4 Å². The molecule has 2 aromatic rings. The van der Waals surface area contributed by atoms with E-state index in [1.165, 1.54) is 25.0 Å². The molecule has 1 aromatic heterocycles. The molecule has 0 aliphatic carbocycles. The van der Waals surface area contributed by atoms with Crippen molar-refractivity contribution in [2.75, 3.05) is 24.5 Å². The fraction of sp³-hybridized carbons (Fsp3) is 0.444. The SMILES string of the molecule is Fc1cc(F)cc(CN2CCc3nc(N4CCCC4)ncc3C2)c1. The maximum Gasteiger partial charge on any atom is 0.225 e. The number of halogens is 2. The summed E-state index contributed by atoms with van der Waals surface area (Å²) in [6.07, 6.45) is 5.17. The summed E-state index contributed by atoms with van der Waals surface area (Å²) in [6, 6.07) is 3.69. The van der Waals surface area contributed by atoms with Gasteiger partial charge >= 0.3 is 0 Å². The van der Waals surface area contributed by atoms with Crippen molar-refractivity contribution in [1.29, 1.82) is 0 Å². The third kappa shape index (κ3) is 3.24. The van der Waals surface area contributed by atoms with Gasteiger partial charge in [0.05, 0.1) is 5.69 Å². The second-order valence-corrected chi connectivity index (χ2v) is 6.57. The molecule has 0 amide bonds. The Morgan fingerprint density at radius 1 is 1.00 bits per heavy atom. The average molecular weight is 330 g/mol. The van der Waals surface area contributed by atoms with Crippen LogP contribution in [0.2, 0.25) is 0 Å². The Morgan fingerprint density at radius 3 is 2.50 bits per heavy atom. The zero-order chi connectivity index (χ0) is 16.5. The van der Waals surface area contributed by atoms with E-state index in [1.54, 1.807) is 0 Å². The van der Waals surface area contributed by atoms with Gasteiger partial charge in [-0.2, -0.15) is 0 Å². The summed E-state index contributed by atoms with van der Waals surface area (Å²) >= 11 is 0. The number of hydrogen-bond acceptors (Lipinski definition) is 4. The van der Waals surface area contributed by atoms with Crippen LogP contribution in [0.15, 0.2) is 24.4 Å². The number of hydrogen-bond donors (Lipinski definition) is 0. The van der Waals surface area contributed by atoms with Gasteiger partial charge in [-0.15, -0.1) is 0 Å². The third-order valence-corrected chi connectivity index (χ3v) is 4.72. The van der Waals surface area contributed by atoms with E-state index >= 15 is 0 Å². The van der Waals surface area contributed by atoms with Crippen LogP contribution in [0.5, 0.6) is 0 Å². The number of benzene rings is 1. The lowest BCUT2D eigenvalue weighted by molar-refractivity contribution is 0.242. The Kier molecular flexibility index (Phi) is 4.14. The van der Waals surface area contributed by atoms with Crippen molar-refractivity contribution in [3.05, 3.63) is 52.9 Å². The molecule has 3 heterocycles. The minimum atomic E-state index is -0.527. The summed E-state index contributed by atoms with van der Waals surface area (Å²) < 4.78 is 26.7. The highest BCUT2D eigenvalue weighted by Gasteiger charge is 2.21. The van der Waals surface area contributed by atoms with Crippen molar-refractivity contribution in [3.8, 4) is 0 Å². The fourth-order valence-electron chi connectivity index (χ4n) is 3.53. The molecule has 2 aliphatic rings. The molecule has 1 saturated heterocycles. The highest BCUT2D eigenvalue weighted by molar-refractivity contribution is 5.35. The van der Waals surface area contributed by atoms with Crippen LogP contribution < -0.4 is 4.90 Å². The fourth-order valence-corrected chi connectivity index (χ4v) is 3.53. The van der Waals surface area contributed by atoms with E-state index in [0.717, 1.165) is 49.3 Å². The normalized spacial score (nSPS) is 18.0. The van der Waals surface area contributed by atoms with Crippen molar-refractivity contribution in [1.82, 2.24) is 14.9 Å². The van der Waals surface area contributed by atoms with Crippen molar-refractivity contribution in [2.24, 2.45) is 0 Å². The number of aromatic nitrogens is 2. The first-order valence-corrected chi connectivity index (χ1v) is 8.44. The standard InChI is InChI=1S/C18H20F2N4/c19-15-7-13(8-16(20)9-15)11-23-6-3-17-14(12-23)10-21-18(22-17)24-4-1-2-5-24/h7-10H,1-6,11-12H2. The molecule has 1 aromatic carbocycles. The molecule has 0 atom stereocenters. The summed E-state index contributed by atoms with van der Waals surface area (Å²) in [6.45, 7) is 4.16. The minimum absolute atomic E-state index is 0.527. The van der Waals surface area contributed by atoms with Crippen LogP contribution in [0.1, 0.15) is 29.7 Å². The molecule has 2 aliphatic heterocycles. The first-order chi connectivity index (χ1) is 11.7. The Balaban J connectivity index is 1.47. The topological polar surface area (TPSA) is 32.3 Å². The van der Waals surface area contributed by atoms with Crippen LogP contribution in [0.4, 0.5) is 14.7 Å². The summed E-state index contributed by atoms with van der Waals surface area (Å²) in [4.78, 5) is 13.7. The lowest BCUT2D eigenvalue weighted by Crippen LogP contribution is -2.31. The highest BCUT2D eigenvalue weighted by Crippen LogP contribution is 2.22. The van der Waals surface area contributed by atoms with Crippen LogP contribution in [0.3, 0.4) is 0 Å². The quantitative estimate of drug-likeness (QED) is 0.866. The van der Waals surface area contributed by atoms with Crippen LogP contribution >= 0.6 is 0 Å². The van der Waals surface area contributed by atoms with Crippen molar-refractivity contribution >= 4 is 5.95 Å². The van der Waals surface area contributed by atoms with E-state index in [2.05, 4.69) is 14.8 Å². The van der Waals surface area contributed by atoms with Crippen LogP contribution in [-0.2, 0) is 19.5 Å². The largest absolute Gasteiger partial charge is 0.341 e. The van der Waals surface area contributed by atoms with Crippen LogP contribution in [-0.4, -0.2) is 34.5 Å². The molecular weight excluding hydrogens is 310 g/mol. The van der Waals surface area contributed by atoms with Gasteiger partial charge in [0, 0.05) is 57.0 Å². The number of nitrogens with zero attached hydrogens (tertiary/aromatic N) is 4. The summed E-state index contributed by atoms with van der Waals surface area (Å²) in [5.41, 5.74) is 2.88. The highest BCUT2D eigenvalue weighted by atomic mass is 19.1. The van der Waals surface area contributed by atoms with Gasteiger partial charge < -0.3 is 4.90 Å². The molecule has 1 fully saturated rings. The van der Waals surface area contributed by atoms with E-state index in [-0.39, 0.29) is 0 Å². The number of anilines is 1. The number of fused-ring (bicyclic) bond motifs is 1. The smallest absolute Gasteiger partial charge is 0.225 e. The molecule has 0 saturated carbocycles. The predicted molar refractivity (Wildman–Crippen MR) is 87.7 cm³/mol. The van der Waals surface area contributed by atoms with Gasteiger partial charge in [-0.3, -0.25) is 4.90 Å². The van der Waals surface area contributed by atoms with Gasteiger partial charge in [-0.25, -0.2) is 18.7 Å². The van der Waals surface area contributed by atoms with Gasteiger partial charge in [-0.05, 0) is 30.5 Å². The molecular formula is C18H20F2N4. The second kappa shape index (κ2) is 6.43. The Bertz CT molecular complexity index is 724. The van der Waals surface area contributed by atoms with Gasteiger partial charge in [0.2, 0.25) is 5.95 Å². The first-order valence-electron chi connectivity index (χ1n) is 8.44. The van der Waals surface area contributed by atoms with Crippen LogP contribution in [0, 0.1) is 11.6 Å². The van der Waals surface area contributed by atoms with E-state index in [4.69, 9.17) is 4.98 Å². The lowest BCUT2D eigenvalue weighted by Gasteiger charge is -2.28. The summed E-state index contributed by atoms with van der Waals surface area (Å²) in [7, 11) is 0. The molecule has 0 N–H and O–H groups in total. The summed E-state index contributed by atoms with van der Waals surface area (Å²) in [5, 5.41) is 0. The Hall–Kier alpha value is -2.08. The van der Waals surface area contributed by atoms with Gasteiger partial charge in [0.1, 0.15) is 11.6 Å². The Morgan fingerprint density at radius 2 is 1.75 bits per heavy atom. The maximum atomic E-state index is 13.3. The Labute approximate surface area is 140 Å². The molecule has 0 spiro atoms. The average Bonchev–Trinajstić information content (AvgIpc) is 3.08. The van der Waals surface area contributed by atoms with E-state index < -0.39 is 11.6 Å². The molecule has 24 heavy (non-hydrogen) atoms. The maximum absolute atomic E-state index is 13.3. The third-order valence-electron chi connectivity index (χ3n) is 4.72. The van der Waals surface area contributed by atoms with Gasteiger partial charge in [0.25, 0.3) is 0 Å². The molecule has 0 bridgehead atoms. The molecule has 4 rings (SSSR count). The van der Waals surface area contributed by atoms with Crippen molar-refractivity contribution < 1.29 is 8.78 Å². The zero-order valence-corrected chi connectivity index (χ0v) is 13.5. The molecule has 126 valence electrons. The van der Waals surface area contributed by atoms with Crippen molar-refractivity contribution in [3.63, 3.8) is 0 Å². The monoisotopic (exact) mass is 330 g/mol. The summed E-state index contributed by atoms with van der Waals surface area (Å²) in [5.74, 6) is -0.214. The predicted octanol–water partition coefficient (Wildman–Crippen LogP) is 2.91. The zero-order valence-electron chi connectivity index (χ0n) is 13.5. The van der Waals surface area contributed by atoms with Crippen LogP contribution in [0.25, 0.3) is 0 Å².